The molecule has 140 valence electrons. The summed E-state index contributed by atoms with van der Waals surface area (Å²) in [6.45, 7) is 9.48. The number of carbonyl (C=O) groups is 1. The van der Waals surface area contributed by atoms with Gasteiger partial charge < -0.3 is 9.84 Å². The van der Waals surface area contributed by atoms with Crippen molar-refractivity contribution in [2.24, 2.45) is 39.9 Å². The summed E-state index contributed by atoms with van der Waals surface area (Å²) in [7, 11) is 0. The summed E-state index contributed by atoms with van der Waals surface area (Å²) >= 11 is 0. The van der Waals surface area contributed by atoms with Crippen molar-refractivity contribution in [1.29, 1.82) is 0 Å². The molecular formula is C22H29NO3. The van der Waals surface area contributed by atoms with E-state index in [9.17, 15) is 9.90 Å². The monoisotopic (exact) mass is 355 g/mol. The van der Waals surface area contributed by atoms with E-state index in [2.05, 4.69) is 18.4 Å². The molecule has 3 heterocycles. The molecular weight excluding hydrogens is 326 g/mol. The van der Waals surface area contributed by atoms with Gasteiger partial charge >= 0.3 is 5.97 Å². The molecule has 6 aliphatic carbocycles. The SMILES string of the molecule is C=C1C[C@@]23C[C@]4(O)[C@H]5[C@]6(C)CCC[C@@]57[C@H]([C@@H]2C[C@@H]1[C@@H](OC(C)=O)[C@@H]37)N4C6. The number of ether oxygens (including phenoxy) is 1. The van der Waals surface area contributed by atoms with Crippen molar-refractivity contribution in [3.05, 3.63) is 12.2 Å². The quantitative estimate of drug-likeness (QED) is 0.580. The average Bonchev–Trinajstić information content (AvgIpc) is 2.88. The summed E-state index contributed by atoms with van der Waals surface area (Å²) in [5.74, 6) is 1.68. The molecule has 2 spiro atoms. The van der Waals surface area contributed by atoms with Crippen LogP contribution in [0.25, 0.3) is 0 Å². The molecule has 1 unspecified atom stereocenters. The Morgan fingerprint density at radius 3 is 2.96 bits per heavy atom. The summed E-state index contributed by atoms with van der Waals surface area (Å²) in [4.78, 5) is 14.6. The molecule has 9 fully saturated rings. The fraction of sp³-hybridized carbons (Fsp3) is 0.864. The maximum absolute atomic E-state index is 12.0. The average molecular weight is 355 g/mol. The van der Waals surface area contributed by atoms with Crippen molar-refractivity contribution in [3.63, 3.8) is 0 Å². The van der Waals surface area contributed by atoms with Gasteiger partial charge in [0.2, 0.25) is 0 Å². The number of fused-ring (bicyclic) bond motifs is 1. The third kappa shape index (κ3) is 1.15. The van der Waals surface area contributed by atoms with Gasteiger partial charge in [-0.1, -0.05) is 25.5 Å². The summed E-state index contributed by atoms with van der Waals surface area (Å²) in [5, 5.41) is 12.0. The summed E-state index contributed by atoms with van der Waals surface area (Å²) in [6, 6.07) is 0.515. The predicted molar refractivity (Wildman–Crippen MR) is 94.8 cm³/mol. The van der Waals surface area contributed by atoms with E-state index in [1.165, 1.54) is 24.8 Å². The van der Waals surface area contributed by atoms with E-state index in [-0.39, 0.29) is 28.3 Å². The Bertz CT molecular complexity index is 794. The van der Waals surface area contributed by atoms with E-state index in [0.29, 0.717) is 29.7 Å². The zero-order chi connectivity index (χ0) is 17.9. The second-order valence-electron chi connectivity index (χ2n) is 11.2. The molecule has 3 aliphatic heterocycles. The first-order chi connectivity index (χ1) is 12.3. The number of hydrogen-bond donors (Lipinski definition) is 1. The molecule has 11 atom stereocenters. The second-order valence-corrected chi connectivity index (χ2v) is 11.2. The van der Waals surface area contributed by atoms with Gasteiger partial charge in [-0.05, 0) is 48.9 Å². The number of piperidine rings is 2. The Morgan fingerprint density at radius 1 is 1.38 bits per heavy atom. The maximum Gasteiger partial charge on any atom is 0.302 e. The number of aliphatic hydroxyl groups is 1. The molecule has 0 aromatic heterocycles. The molecule has 9 bridgehead atoms. The summed E-state index contributed by atoms with van der Waals surface area (Å²) in [5.41, 5.74) is 1.20. The lowest BCUT2D eigenvalue weighted by Gasteiger charge is -2.66. The first-order valence-electron chi connectivity index (χ1n) is 10.6. The van der Waals surface area contributed by atoms with Crippen molar-refractivity contribution in [2.45, 2.75) is 70.2 Å². The van der Waals surface area contributed by atoms with E-state index in [1.54, 1.807) is 6.92 Å². The van der Waals surface area contributed by atoms with Gasteiger partial charge in [0.15, 0.2) is 0 Å². The molecule has 0 aromatic carbocycles. The highest BCUT2D eigenvalue weighted by atomic mass is 16.5. The largest absolute Gasteiger partial charge is 0.462 e. The number of esters is 1. The second kappa shape index (κ2) is 3.82. The van der Waals surface area contributed by atoms with Crippen LogP contribution in [0.1, 0.15) is 52.4 Å². The predicted octanol–water partition coefficient (Wildman–Crippen LogP) is 2.71. The normalized spacial score (nSPS) is 68.0. The molecule has 4 nitrogen and oxygen atoms in total. The highest BCUT2D eigenvalue weighted by Gasteiger charge is 2.92. The van der Waals surface area contributed by atoms with Gasteiger partial charge in [0.1, 0.15) is 11.8 Å². The van der Waals surface area contributed by atoms with Crippen molar-refractivity contribution in [2.75, 3.05) is 6.54 Å². The number of carbonyl (C=O) groups excluding carboxylic acids is 1. The van der Waals surface area contributed by atoms with Gasteiger partial charge in [-0.25, -0.2) is 0 Å². The maximum atomic E-state index is 12.0. The van der Waals surface area contributed by atoms with Gasteiger partial charge in [0, 0.05) is 42.7 Å². The minimum atomic E-state index is -0.613. The smallest absolute Gasteiger partial charge is 0.302 e. The molecule has 0 aromatic rings. The molecule has 9 aliphatic rings. The van der Waals surface area contributed by atoms with Gasteiger partial charge in [-0.15, -0.1) is 0 Å². The number of hydrogen-bond acceptors (Lipinski definition) is 4. The molecule has 26 heavy (non-hydrogen) atoms. The van der Waals surface area contributed by atoms with Crippen LogP contribution in [0.15, 0.2) is 12.2 Å². The Balaban J connectivity index is 1.50. The highest BCUT2D eigenvalue weighted by Crippen LogP contribution is 2.89. The van der Waals surface area contributed by atoms with Crippen molar-refractivity contribution < 1.29 is 14.6 Å². The molecule has 3 saturated heterocycles. The van der Waals surface area contributed by atoms with Gasteiger partial charge in [-0.3, -0.25) is 9.69 Å². The number of rotatable bonds is 1. The Morgan fingerprint density at radius 2 is 2.19 bits per heavy atom. The van der Waals surface area contributed by atoms with Crippen LogP contribution in [0.2, 0.25) is 0 Å². The van der Waals surface area contributed by atoms with Crippen LogP contribution in [0, 0.1) is 39.9 Å². The third-order valence-corrected chi connectivity index (χ3v) is 10.5. The van der Waals surface area contributed by atoms with Gasteiger partial charge in [0.05, 0.1) is 0 Å². The number of nitrogens with zero attached hydrogens (tertiary/aromatic N) is 1. The Labute approximate surface area is 155 Å². The minimum Gasteiger partial charge on any atom is -0.462 e. The van der Waals surface area contributed by atoms with Crippen LogP contribution in [0.5, 0.6) is 0 Å². The van der Waals surface area contributed by atoms with Crippen molar-refractivity contribution in [3.8, 4) is 0 Å². The van der Waals surface area contributed by atoms with Crippen molar-refractivity contribution in [1.82, 2.24) is 4.90 Å². The van der Waals surface area contributed by atoms with E-state index < -0.39 is 5.72 Å². The van der Waals surface area contributed by atoms with Crippen LogP contribution in [-0.2, 0) is 9.53 Å². The van der Waals surface area contributed by atoms with E-state index in [1.807, 2.05) is 0 Å². The first kappa shape index (κ1) is 15.1. The summed E-state index contributed by atoms with van der Waals surface area (Å²) < 4.78 is 6.08. The van der Waals surface area contributed by atoms with Crippen molar-refractivity contribution >= 4 is 5.97 Å². The molecule has 0 amide bonds. The fourth-order valence-corrected chi connectivity index (χ4v) is 10.9. The van der Waals surface area contributed by atoms with E-state index in [0.717, 1.165) is 25.8 Å². The lowest BCUT2D eigenvalue weighted by molar-refractivity contribution is -0.250. The Hall–Kier alpha value is -0.870. The van der Waals surface area contributed by atoms with E-state index in [4.69, 9.17) is 4.74 Å². The molecule has 0 radical (unpaired) electrons. The van der Waals surface area contributed by atoms with Gasteiger partial charge in [-0.2, -0.15) is 0 Å². The molecule has 9 rings (SSSR count). The standard InChI is InChI=1S/C22H29NO3/c1-11-8-20-9-22(25)18-19(3)5-4-6-21(18)16(20)15(26-12(2)24)13(11)7-14(20)17(21)23(22)10-19/h13-18,25H,1,4-10H2,2-3H3/t13-,14-,15+,16-,17-,18-,19+,20+,21+,22-/m0/s1. The zero-order valence-corrected chi connectivity index (χ0v) is 15.8. The lowest BCUT2D eigenvalue weighted by Crippen LogP contribution is -2.67. The molecule has 6 saturated carbocycles. The first-order valence-corrected chi connectivity index (χ1v) is 10.6. The van der Waals surface area contributed by atoms with Crippen LogP contribution in [0.4, 0.5) is 0 Å². The topological polar surface area (TPSA) is 49.8 Å². The van der Waals surface area contributed by atoms with Gasteiger partial charge in [0.25, 0.3) is 0 Å². The van der Waals surface area contributed by atoms with Crippen LogP contribution in [0.3, 0.4) is 0 Å². The van der Waals surface area contributed by atoms with Crippen LogP contribution in [-0.4, -0.2) is 40.4 Å². The zero-order valence-electron chi connectivity index (χ0n) is 15.8. The van der Waals surface area contributed by atoms with E-state index >= 15 is 0 Å². The third-order valence-electron chi connectivity index (χ3n) is 10.5. The summed E-state index contributed by atoms with van der Waals surface area (Å²) in [6.07, 6.45) is 6.80. The van der Waals surface area contributed by atoms with Crippen LogP contribution < -0.4 is 0 Å². The molecule has 4 heteroatoms. The fourth-order valence-electron chi connectivity index (χ4n) is 10.9. The Kier molecular flexibility index (Phi) is 2.22. The highest BCUT2D eigenvalue weighted by molar-refractivity contribution is 5.66. The van der Waals surface area contributed by atoms with Crippen LogP contribution >= 0.6 is 0 Å². The minimum absolute atomic E-state index is 0.00227. The lowest BCUT2D eigenvalue weighted by atomic mass is 9.39. The molecule has 1 N–H and O–H groups in total.